The van der Waals surface area contributed by atoms with Gasteiger partial charge in [0.25, 0.3) is 0 Å². The lowest BCUT2D eigenvalue weighted by atomic mass is 9.61. The summed E-state index contributed by atoms with van der Waals surface area (Å²) in [5.74, 6) is 0.564. The summed E-state index contributed by atoms with van der Waals surface area (Å²) < 4.78 is 19.6. The van der Waals surface area contributed by atoms with E-state index in [0.717, 1.165) is 36.8 Å². The molecule has 1 N–H and O–H groups in total. The van der Waals surface area contributed by atoms with Crippen molar-refractivity contribution in [3.63, 3.8) is 0 Å². The Balaban J connectivity index is 2.15. The van der Waals surface area contributed by atoms with Crippen LogP contribution in [0.25, 0.3) is 0 Å². The summed E-state index contributed by atoms with van der Waals surface area (Å²) in [6, 6.07) is 3.40. The van der Waals surface area contributed by atoms with E-state index < -0.39 is 0 Å². The molecule has 0 aliphatic heterocycles. The molecular weight excluding hydrogens is 255 g/mol. The first-order valence-electron chi connectivity index (χ1n) is 7.61. The van der Waals surface area contributed by atoms with Gasteiger partial charge < -0.3 is 9.84 Å². The zero-order valence-corrected chi connectivity index (χ0v) is 12.3. The van der Waals surface area contributed by atoms with Gasteiger partial charge in [0.05, 0.1) is 13.2 Å². The third-order valence-corrected chi connectivity index (χ3v) is 5.36. The maximum Gasteiger partial charge on any atom is 0.130 e. The van der Waals surface area contributed by atoms with Gasteiger partial charge in [0, 0.05) is 11.5 Å². The third-order valence-electron chi connectivity index (χ3n) is 5.36. The van der Waals surface area contributed by atoms with Gasteiger partial charge in [0.15, 0.2) is 0 Å². The molecule has 1 aromatic carbocycles. The molecule has 0 saturated heterocycles. The first-order valence-corrected chi connectivity index (χ1v) is 7.61. The van der Waals surface area contributed by atoms with Crippen molar-refractivity contribution in [2.24, 2.45) is 5.92 Å². The summed E-state index contributed by atoms with van der Waals surface area (Å²) in [5, 5.41) is 10.8. The van der Waals surface area contributed by atoms with E-state index in [1.165, 1.54) is 12.5 Å². The Kier molecular flexibility index (Phi) is 3.49. The van der Waals surface area contributed by atoms with E-state index in [9.17, 15) is 9.50 Å². The Hall–Kier alpha value is -1.09. The van der Waals surface area contributed by atoms with Crippen molar-refractivity contribution in [1.29, 1.82) is 0 Å². The van der Waals surface area contributed by atoms with Gasteiger partial charge in [0.1, 0.15) is 11.6 Å². The molecule has 0 spiro atoms. The van der Waals surface area contributed by atoms with Gasteiger partial charge >= 0.3 is 0 Å². The molecule has 2 nitrogen and oxygen atoms in total. The van der Waals surface area contributed by atoms with Crippen LogP contribution in [-0.2, 0) is 11.8 Å². The largest absolute Gasteiger partial charge is 0.497 e. The quantitative estimate of drug-likeness (QED) is 0.850. The van der Waals surface area contributed by atoms with Crippen LogP contribution in [-0.4, -0.2) is 18.3 Å². The van der Waals surface area contributed by atoms with Crippen LogP contribution >= 0.6 is 0 Å². The summed E-state index contributed by atoms with van der Waals surface area (Å²) >= 11 is 0. The fraction of sp³-hybridized carbons (Fsp3) is 0.647. The lowest BCUT2D eigenvalue weighted by Crippen LogP contribution is -2.47. The highest BCUT2D eigenvalue weighted by atomic mass is 19.1. The molecular formula is C17H23FO2. The van der Waals surface area contributed by atoms with Crippen molar-refractivity contribution in [2.75, 3.05) is 7.11 Å². The number of fused-ring (bicyclic) bond motifs is 4. The van der Waals surface area contributed by atoms with Crippen LogP contribution in [0.15, 0.2) is 12.1 Å². The van der Waals surface area contributed by atoms with Crippen molar-refractivity contribution in [3.8, 4) is 5.75 Å². The molecule has 2 aliphatic rings. The van der Waals surface area contributed by atoms with Gasteiger partial charge in [-0.1, -0.05) is 26.2 Å². The third kappa shape index (κ3) is 2.03. The van der Waals surface area contributed by atoms with Gasteiger partial charge in [-0.05, 0) is 42.4 Å². The summed E-state index contributed by atoms with van der Waals surface area (Å²) in [4.78, 5) is 0. The van der Waals surface area contributed by atoms with Gasteiger partial charge in [-0.25, -0.2) is 4.39 Å². The predicted molar refractivity (Wildman–Crippen MR) is 76.6 cm³/mol. The highest BCUT2D eigenvalue weighted by molar-refractivity contribution is 5.45. The molecule has 3 heteroatoms. The SMILES string of the molecule is COc1cc(F)c2c(c1)[C@@]1(C)CCCCC[C@@H](C2)C1O. The molecule has 110 valence electrons. The fourth-order valence-corrected chi connectivity index (χ4v) is 4.12. The van der Waals surface area contributed by atoms with Crippen molar-refractivity contribution >= 4 is 0 Å². The standard InChI is InChI=1S/C17H23FO2/c1-17-7-5-3-4-6-11(16(17)19)8-13-14(17)9-12(20-2)10-15(13)18/h9-11,16,19H,3-8H2,1-2H3/t11-,16?,17+/m0/s1. The second kappa shape index (κ2) is 5.03. The molecule has 1 unspecified atom stereocenters. The number of methoxy groups -OCH3 is 1. The van der Waals surface area contributed by atoms with E-state index in [4.69, 9.17) is 4.74 Å². The number of halogens is 1. The van der Waals surface area contributed by atoms with Crippen molar-refractivity contribution in [1.82, 2.24) is 0 Å². The zero-order valence-electron chi connectivity index (χ0n) is 12.3. The molecule has 0 aromatic heterocycles. The fourth-order valence-electron chi connectivity index (χ4n) is 4.12. The van der Waals surface area contributed by atoms with Crippen LogP contribution in [0.4, 0.5) is 4.39 Å². The number of benzene rings is 1. The van der Waals surface area contributed by atoms with Gasteiger partial charge in [-0.2, -0.15) is 0 Å². The predicted octanol–water partition coefficient (Wildman–Crippen LogP) is 3.59. The van der Waals surface area contributed by atoms with Gasteiger partial charge in [0.2, 0.25) is 0 Å². The van der Waals surface area contributed by atoms with Gasteiger partial charge in [-0.15, -0.1) is 0 Å². The van der Waals surface area contributed by atoms with Crippen LogP contribution in [0.5, 0.6) is 5.75 Å². The molecule has 2 bridgehead atoms. The van der Waals surface area contributed by atoms with E-state index in [-0.39, 0.29) is 23.3 Å². The van der Waals surface area contributed by atoms with Crippen LogP contribution in [0.2, 0.25) is 0 Å². The highest BCUT2D eigenvalue weighted by Crippen LogP contribution is 2.47. The lowest BCUT2D eigenvalue weighted by molar-refractivity contribution is 0.00803. The minimum Gasteiger partial charge on any atom is -0.497 e. The molecule has 3 atom stereocenters. The monoisotopic (exact) mass is 278 g/mol. The number of ether oxygens (including phenoxy) is 1. The van der Waals surface area contributed by atoms with Crippen LogP contribution < -0.4 is 4.74 Å². The van der Waals surface area contributed by atoms with Crippen molar-refractivity contribution in [3.05, 3.63) is 29.1 Å². The minimum atomic E-state index is -0.373. The topological polar surface area (TPSA) is 29.5 Å². The van der Waals surface area contributed by atoms with E-state index in [1.54, 1.807) is 7.11 Å². The summed E-state index contributed by atoms with van der Waals surface area (Å²) in [7, 11) is 1.56. The number of aliphatic hydroxyl groups excluding tert-OH is 1. The van der Waals surface area contributed by atoms with Crippen LogP contribution in [0, 0.1) is 11.7 Å². The summed E-state index contributed by atoms with van der Waals surface area (Å²) in [6.07, 6.45) is 5.65. The molecule has 0 radical (unpaired) electrons. The second-order valence-electron chi connectivity index (χ2n) is 6.56. The Bertz CT molecular complexity index is 514. The molecule has 1 saturated carbocycles. The first-order chi connectivity index (χ1) is 9.56. The van der Waals surface area contributed by atoms with E-state index in [0.29, 0.717) is 12.2 Å². The molecule has 20 heavy (non-hydrogen) atoms. The summed E-state index contributed by atoms with van der Waals surface area (Å²) in [6.45, 7) is 2.09. The minimum absolute atomic E-state index is 0.178. The normalized spacial score (nSPS) is 33.0. The maximum absolute atomic E-state index is 14.4. The molecule has 0 amide bonds. The van der Waals surface area contributed by atoms with Gasteiger partial charge in [-0.3, -0.25) is 0 Å². The smallest absolute Gasteiger partial charge is 0.130 e. The highest BCUT2D eigenvalue weighted by Gasteiger charge is 2.45. The number of aliphatic hydroxyl groups is 1. The zero-order chi connectivity index (χ0) is 14.3. The average molecular weight is 278 g/mol. The molecule has 1 aromatic rings. The average Bonchev–Trinajstić information content (AvgIpc) is 2.44. The maximum atomic E-state index is 14.4. The van der Waals surface area contributed by atoms with Crippen molar-refractivity contribution in [2.45, 2.75) is 57.0 Å². The molecule has 3 rings (SSSR count). The Morgan fingerprint density at radius 3 is 2.85 bits per heavy atom. The van der Waals surface area contributed by atoms with E-state index in [1.807, 2.05) is 6.07 Å². The van der Waals surface area contributed by atoms with E-state index >= 15 is 0 Å². The van der Waals surface area contributed by atoms with Crippen LogP contribution in [0.1, 0.15) is 50.2 Å². The Labute approximate surface area is 120 Å². The molecule has 1 fully saturated rings. The van der Waals surface area contributed by atoms with Crippen LogP contribution in [0.3, 0.4) is 0 Å². The Morgan fingerprint density at radius 1 is 1.30 bits per heavy atom. The number of hydrogen-bond donors (Lipinski definition) is 1. The number of rotatable bonds is 1. The Morgan fingerprint density at radius 2 is 2.10 bits per heavy atom. The lowest BCUT2D eigenvalue weighted by Gasteiger charge is -2.46. The van der Waals surface area contributed by atoms with Crippen molar-refractivity contribution < 1.29 is 14.2 Å². The molecule has 2 aliphatic carbocycles. The second-order valence-corrected chi connectivity index (χ2v) is 6.56. The number of hydrogen-bond acceptors (Lipinski definition) is 2. The van der Waals surface area contributed by atoms with E-state index in [2.05, 4.69) is 6.92 Å². The first kappa shape index (κ1) is 13.9. The summed E-state index contributed by atoms with van der Waals surface area (Å²) in [5.41, 5.74) is 1.42. The molecule has 0 heterocycles.